The first-order valence-corrected chi connectivity index (χ1v) is 7.86. The lowest BCUT2D eigenvalue weighted by Crippen LogP contribution is -2.43. The zero-order chi connectivity index (χ0) is 11.9. The molecule has 3 rings (SSSR count). The van der Waals surface area contributed by atoms with E-state index in [-0.39, 0.29) is 0 Å². The van der Waals surface area contributed by atoms with Gasteiger partial charge in [-0.15, -0.1) is 0 Å². The monoisotopic (exact) mass is 251 g/mol. The SMILES string of the molecule is O=S1(=O)CCCc2cc(CC3CNC3)ccc21. The summed E-state index contributed by atoms with van der Waals surface area (Å²) >= 11 is 0. The smallest absolute Gasteiger partial charge is 0.178 e. The zero-order valence-electron chi connectivity index (χ0n) is 9.78. The van der Waals surface area contributed by atoms with Crippen LogP contribution >= 0.6 is 0 Å². The fourth-order valence-electron chi connectivity index (χ4n) is 2.65. The van der Waals surface area contributed by atoms with Crippen LogP contribution in [-0.4, -0.2) is 27.3 Å². The van der Waals surface area contributed by atoms with Crippen LogP contribution in [0.2, 0.25) is 0 Å². The molecule has 3 nitrogen and oxygen atoms in total. The molecular weight excluding hydrogens is 234 g/mol. The molecule has 92 valence electrons. The summed E-state index contributed by atoms with van der Waals surface area (Å²) in [5, 5.41) is 3.26. The maximum Gasteiger partial charge on any atom is 0.178 e. The van der Waals surface area contributed by atoms with Crippen molar-refractivity contribution in [1.82, 2.24) is 5.32 Å². The van der Waals surface area contributed by atoms with Gasteiger partial charge in [0.1, 0.15) is 0 Å². The van der Waals surface area contributed by atoms with Gasteiger partial charge in [0.2, 0.25) is 0 Å². The van der Waals surface area contributed by atoms with Crippen molar-refractivity contribution in [2.75, 3.05) is 18.8 Å². The number of fused-ring (bicyclic) bond motifs is 1. The molecule has 2 aliphatic heterocycles. The Morgan fingerprint density at radius 3 is 2.82 bits per heavy atom. The Kier molecular flexibility index (Phi) is 2.71. The van der Waals surface area contributed by atoms with E-state index in [0.717, 1.165) is 43.8 Å². The highest BCUT2D eigenvalue weighted by Gasteiger charge is 2.24. The number of sulfone groups is 1. The fourth-order valence-corrected chi connectivity index (χ4v) is 4.23. The summed E-state index contributed by atoms with van der Waals surface area (Å²) in [7, 11) is -2.99. The zero-order valence-corrected chi connectivity index (χ0v) is 10.6. The van der Waals surface area contributed by atoms with E-state index in [1.165, 1.54) is 5.56 Å². The predicted octanol–water partition coefficient (Wildman–Crippen LogP) is 1.17. The molecular formula is C13H17NO2S. The van der Waals surface area contributed by atoms with Crippen LogP contribution in [0.4, 0.5) is 0 Å². The number of hydrogen-bond acceptors (Lipinski definition) is 3. The molecule has 0 unspecified atom stereocenters. The molecule has 2 aliphatic rings. The van der Waals surface area contributed by atoms with Crippen molar-refractivity contribution in [2.24, 2.45) is 5.92 Å². The standard InChI is InChI=1S/C13H17NO2S/c15-17(16)5-1-2-12-7-10(3-4-13(12)17)6-11-8-14-9-11/h3-4,7,11,14H,1-2,5-6,8-9H2. The number of rotatable bonds is 2. The van der Waals surface area contributed by atoms with Crippen molar-refractivity contribution >= 4 is 9.84 Å². The molecule has 0 bridgehead atoms. The van der Waals surface area contributed by atoms with E-state index < -0.39 is 9.84 Å². The van der Waals surface area contributed by atoms with Crippen molar-refractivity contribution in [1.29, 1.82) is 0 Å². The number of aryl methyl sites for hydroxylation is 1. The van der Waals surface area contributed by atoms with E-state index in [2.05, 4.69) is 11.4 Å². The first-order chi connectivity index (χ1) is 8.15. The molecule has 4 heteroatoms. The molecule has 0 atom stereocenters. The van der Waals surface area contributed by atoms with Crippen LogP contribution in [0.25, 0.3) is 0 Å². The first kappa shape index (κ1) is 11.2. The summed E-state index contributed by atoms with van der Waals surface area (Å²) in [6.45, 7) is 2.19. The molecule has 0 aromatic heterocycles. The van der Waals surface area contributed by atoms with Crippen LogP contribution in [0, 0.1) is 5.92 Å². The van der Waals surface area contributed by atoms with Gasteiger partial charge in [-0.05, 0) is 55.5 Å². The van der Waals surface area contributed by atoms with Crippen LogP contribution in [-0.2, 0) is 22.7 Å². The molecule has 1 saturated heterocycles. The Morgan fingerprint density at radius 2 is 2.12 bits per heavy atom. The quantitative estimate of drug-likeness (QED) is 0.858. The Bertz CT molecular complexity index is 532. The molecule has 1 aromatic carbocycles. The van der Waals surface area contributed by atoms with Crippen molar-refractivity contribution in [3.8, 4) is 0 Å². The summed E-state index contributed by atoms with van der Waals surface area (Å²) in [5.41, 5.74) is 2.31. The minimum Gasteiger partial charge on any atom is -0.316 e. The number of benzene rings is 1. The van der Waals surface area contributed by atoms with E-state index in [4.69, 9.17) is 0 Å². The van der Waals surface area contributed by atoms with Gasteiger partial charge in [0.25, 0.3) is 0 Å². The minimum atomic E-state index is -2.99. The van der Waals surface area contributed by atoms with Gasteiger partial charge in [-0.1, -0.05) is 12.1 Å². The third-order valence-electron chi connectivity index (χ3n) is 3.71. The van der Waals surface area contributed by atoms with Crippen molar-refractivity contribution in [3.63, 3.8) is 0 Å². The van der Waals surface area contributed by atoms with Gasteiger partial charge < -0.3 is 5.32 Å². The van der Waals surface area contributed by atoms with Gasteiger partial charge in [-0.2, -0.15) is 0 Å². The van der Waals surface area contributed by atoms with Gasteiger partial charge >= 0.3 is 0 Å². The molecule has 0 aliphatic carbocycles. The second kappa shape index (κ2) is 4.10. The molecule has 17 heavy (non-hydrogen) atoms. The maximum absolute atomic E-state index is 11.9. The summed E-state index contributed by atoms with van der Waals surface area (Å²) in [4.78, 5) is 0.569. The second-order valence-electron chi connectivity index (χ2n) is 5.09. The maximum atomic E-state index is 11.9. The van der Waals surface area contributed by atoms with E-state index in [0.29, 0.717) is 10.6 Å². The van der Waals surface area contributed by atoms with Crippen molar-refractivity contribution in [3.05, 3.63) is 29.3 Å². The van der Waals surface area contributed by atoms with Gasteiger partial charge in [0, 0.05) is 0 Å². The molecule has 0 saturated carbocycles. The van der Waals surface area contributed by atoms with E-state index in [1.807, 2.05) is 12.1 Å². The Morgan fingerprint density at radius 1 is 1.29 bits per heavy atom. The van der Waals surface area contributed by atoms with Crippen LogP contribution < -0.4 is 5.32 Å². The first-order valence-electron chi connectivity index (χ1n) is 6.20. The minimum absolute atomic E-state index is 0.311. The van der Waals surface area contributed by atoms with Gasteiger partial charge in [-0.3, -0.25) is 0 Å². The highest BCUT2D eigenvalue weighted by Crippen LogP contribution is 2.26. The summed E-state index contributed by atoms with van der Waals surface area (Å²) < 4.78 is 23.7. The Balaban J connectivity index is 1.90. The van der Waals surface area contributed by atoms with Crippen LogP contribution in [0.1, 0.15) is 17.5 Å². The van der Waals surface area contributed by atoms with E-state index >= 15 is 0 Å². The topological polar surface area (TPSA) is 46.2 Å². The van der Waals surface area contributed by atoms with E-state index in [1.54, 1.807) is 0 Å². The Labute approximate surface area is 102 Å². The normalized spacial score (nSPS) is 22.8. The van der Waals surface area contributed by atoms with Gasteiger partial charge in [0.05, 0.1) is 10.6 Å². The average Bonchev–Trinajstić information content (AvgIpc) is 2.23. The lowest BCUT2D eigenvalue weighted by Gasteiger charge is -2.27. The summed E-state index contributed by atoms with van der Waals surface area (Å²) in [6, 6.07) is 5.90. The second-order valence-corrected chi connectivity index (χ2v) is 7.17. The molecule has 1 aromatic rings. The van der Waals surface area contributed by atoms with Crippen LogP contribution in [0.5, 0.6) is 0 Å². The van der Waals surface area contributed by atoms with Crippen molar-refractivity contribution < 1.29 is 8.42 Å². The number of nitrogens with one attached hydrogen (secondary N) is 1. The molecule has 1 fully saturated rings. The third kappa shape index (κ3) is 2.11. The highest BCUT2D eigenvalue weighted by molar-refractivity contribution is 7.91. The van der Waals surface area contributed by atoms with Gasteiger partial charge in [-0.25, -0.2) is 8.42 Å². The Hall–Kier alpha value is -0.870. The molecule has 1 N–H and O–H groups in total. The highest BCUT2D eigenvalue weighted by atomic mass is 32.2. The average molecular weight is 251 g/mol. The van der Waals surface area contributed by atoms with E-state index in [9.17, 15) is 8.42 Å². The predicted molar refractivity (Wildman–Crippen MR) is 66.9 cm³/mol. The molecule has 2 heterocycles. The lowest BCUT2D eigenvalue weighted by atomic mass is 9.93. The number of hydrogen-bond donors (Lipinski definition) is 1. The van der Waals surface area contributed by atoms with Crippen LogP contribution in [0.3, 0.4) is 0 Å². The fraction of sp³-hybridized carbons (Fsp3) is 0.538. The largest absolute Gasteiger partial charge is 0.316 e. The molecule has 0 radical (unpaired) electrons. The molecule has 0 amide bonds. The van der Waals surface area contributed by atoms with Gasteiger partial charge in [0.15, 0.2) is 9.84 Å². The third-order valence-corrected chi connectivity index (χ3v) is 5.60. The van der Waals surface area contributed by atoms with Crippen LogP contribution in [0.15, 0.2) is 23.1 Å². The van der Waals surface area contributed by atoms with Crippen molar-refractivity contribution in [2.45, 2.75) is 24.2 Å². The molecule has 0 spiro atoms. The lowest BCUT2D eigenvalue weighted by molar-refractivity contribution is 0.346. The summed E-state index contributed by atoms with van der Waals surface area (Å²) in [6.07, 6.45) is 2.75. The summed E-state index contributed by atoms with van der Waals surface area (Å²) in [5.74, 6) is 1.04.